The number of carbonyl (C=O) groups excluding carboxylic acids is 1. The molecule has 2 N–H and O–H groups in total. The van der Waals surface area contributed by atoms with E-state index in [-0.39, 0.29) is 11.9 Å². The van der Waals surface area contributed by atoms with E-state index in [1.165, 1.54) is 0 Å². The summed E-state index contributed by atoms with van der Waals surface area (Å²) >= 11 is 3.39. The maximum Gasteiger partial charge on any atom is 0.262 e. The average Bonchev–Trinajstić information content (AvgIpc) is 2.55. The quantitative estimate of drug-likeness (QED) is 0.608. The van der Waals surface area contributed by atoms with Crippen LogP contribution in [0.3, 0.4) is 0 Å². The summed E-state index contributed by atoms with van der Waals surface area (Å²) in [6.07, 6.45) is 2.30. The van der Waals surface area contributed by atoms with Gasteiger partial charge in [0, 0.05) is 10.2 Å². The molecule has 0 spiro atoms. The Morgan fingerprint density at radius 2 is 1.86 bits per heavy atom. The fourth-order valence-corrected chi connectivity index (χ4v) is 2.15. The Bertz CT molecular complexity index is 626. The summed E-state index contributed by atoms with van der Waals surface area (Å²) in [5, 5.41) is 7.19. The average molecular weight is 360 g/mol. The summed E-state index contributed by atoms with van der Waals surface area (Å²) in [5.41, 5.74) is 4.41. The van der Waals surface area contributed by atoms with Gasteiger partial charge in [0.15, 0.2) is 0 Å². The molecule has 2 rings (SSSR count). The van der Waals surface area contributed by atoms with Gasteiger partial charge in [0.2, 0.25) is 0 Å². The van der Waals surface area contributed by atoms with Gasteiger partial charge in [-0.3, -0.25) is 4.79 Å². The largest absolute Gasteiger partial charge is 0.374 e. The summed E-state index contributed by atoms with van der Waals surface area (Å²) in [6.45, 7) is 1.96. The van der Waals surface area contributed by atoms with Gasteiger partial charge in [-0.1, -0.05) is 53.2 Å². The van der Waals surface area contributed by atoms with Crippen LogP contribution in [-0.2, 0) is 4.79 Å². The van der Waals surface area contributed by atoms with Gasteiger partial charge in [-0.2, -0.15) is 5.10 Å². The minimum atomic E-state index is -0.325. The molecule has 2 aromatic rings. The SMILES string of the molecule is CCC(Nc1ccc(Br)cc1)C(=O)N/N=C/c1ccccc1. The number of rotatable bonds is 6. The summed E-state index contributed by atoms with van der Waals surface area (Å²) in [7, 11) is 0. The van der Waals surface area contributed by atoms with Gasteiger partial charge in [-0.25, -0.2) is 5.43 Å². The third kappa shape index (κ3) is 5.00. The van der Waals surface area contributed by atoms with Gasteiger partial charge in [0.05, 0.1) is 6.21 Å². The molecule has 0 aliphatic carbocycles. The van der Waals surface area contributed by atoms with Crippen LogP contribution in [0.2, 0.25) is 0 Å². The number of carbonyl (C=O) groups is 1. The van der Waals surface area contributed by atoms with E-state index >= 15 is 0 Å². The van der Waals surface area contributed by atoms with Crippen LogP contribution < -0.4 is 10.7 Å². The van der Waals surface area contributed by atoms with Gasteiger partial charge in [-0.15, -0.1) is 0 Å². The molecule has 0 aliphatic rings. The molecule has 0 saturated heterocycles. The lowest BCUT2D eigenvalue weighted by atomic mass is 10.2. The first-order chi connectivity index (χ1) is 10.7. The fourth-order valence-electron chi connectivity index (χ4n) is 1.89. The number of amides is 1. The third-order valence-electron chi connectivity index (χ3n) is 3.10. The molecule has 4 nitrogen and oxygen atoms in total. The lowest BCUT2D eigenvalue weighted by Gasteiger charge is -2.16. The Labute approximate surface area is 138 Å². The van der Waals surface area contributed by atoms with Crippen LogP contribution in [0.1, 0.15) is 18.9 Å². The van der Waals surface area contributed by atoms with E-state index in [0.29, 0.717) is 6.42 Å². The van der Waals surface area contributed by atoms with Crippen LogP contribution >= 0.6 is 15.9 Å². The molecule has 0 saturated carbocycles. The van der Waals surface area contributed by atoms with Crippen LogP contribution in [0.25, 0.3) is 0 Å². The van der Waals surface area contributed by atoms with Crippen molar-refractivity contribution in [3.05, 3.63) is 64.6 Å². The zero-order valence-electron chi connectivity index (χ0n) is 12.3. The monoisotopic (exact) mass is 359 g/mol. The number of halogens is 1. The van der Waals surface area contributed by atoms with Gasteiger partial charge in [0.1, 0.15) is 6.04 Å². The molecule has 1 atom stereocenters. The number of nitrogens with zero attached hydrogens (tertiary/aromatic N) is 1. The Hall–Kier alpha value is -2.14. The number of hydrazone groups is 1. The van der Waals surface area contributed by atoms with E-state index in [4.69, 9.17) is 0 Å². The number of benzene rings is 2. The molecule has 114 valence electrons. The van der Waals surface area contributed by atoms with Crippen molar-refractivity contribution in [2.45, 2.75) is 19.4 Å². The van der Waals surface area contributed by atoms with Gasteiger partial charge >= 0.3 is 0 Å². The van der Waals surface area contributed by atoms with Crippen molar-refractivity contribution in [1.29, 1.82) is 0 Å². The number of hydrogen-bond donors (Lipinski definition) is 2. The summed E-state index contributed by atoms with van der Waals surface area (Å²) < 4.78 is 1.00. The van der Waals surface area contributed by atoms with Crippen LogP contribution in [0.15, 0.2) is 64.2 Å². The molecule has 0 fully saturated rings. The Morgan fingerprint density at radius 3 is 2.50 bits per heavy atom. The van der Waals surface area contributed by atoms with Gasteiger partial charge in [0.25, 0.3) is 5.91 Å². The lowest BCUT2D eigenvalue weighted by molar-refractivity contribution is -0.121. The Kier molecular flexibility index (Phi) is 6.15. The topological polar surface area (TPSA) is 53.5 Å². The van der Waals surface area contributed by atoms with Crippen LogP contribution in [0.4, 0.5) is 5.69 Å². The predicted octanol–water partition coefficient (Wildman–Crippen LogP) is 3.79. The molecule has 0 heterocycles. The fraction of sp³-hybridized carbons (Fsp3) is 0.176. The minimum Gasteiger partial charge on any atom is -0.374 e. The Morgan fingerprint density at radius 1 is 1.18 bits per heavy atom. The normalized spacial score (nSPS) is 12.1. The molecule has 0 bridgehead atoms. The van der Waals surface area contributed by atoms with Gasteiger partial charge in [-0.05, 0) is 36.2 Å². The van der Waals surface area contributed by atoms with E-state index < -0.39 is 0 Å². The van der Waals surface area contributed by atoms with Crippen LogP contribution in [0, 0.1) is 0 Å². The number of hydrogen-bond acceptors (Lipinski definition) is 3. The molecule has 1 amide bonds. The first-order valence-electron chi connectivity index (χ1n) is 7.09. The summed E-state index contributed by atoms with van der Waals surface area (Å²) in [4.78, 5) is 12.1. The molecule has 5 heteroatoms. The van der Waals surface area contributed by atoms with Crippen molar-refractivity contribution in [2.75, 3.05) is 5.32 Å². The summed E-state index contributed by atoms with van der Waals surface area (Å²) in [6, 6.07) is 17.0. The first-order valence-corrected chi connectivity index (χ1v) is 7.88. The second kappa shape index (κ2) is 8.34. The molecule has 0 aliphatic heterocycles. The smallest absolute Gasteiger partial charge is 0.262 e. The molecular weight excluding hydrogens is 342 g/mol. The standard InChI is InChI=1S/C17H18BrN3O/c1-2-16(20-15-10-8-14(18)9-11-15)17(22)21-19-12-13-6-4-3-5-7-13/h3-12,16,20H,2H2,1H3,(H,21,22)/b19-12+. The molecule has 0 aromatic heterocycles. The van der Waals surface area contributed by atoms with E-state index in [1.54, 1.807) is 6.21 Å². The molecule has 0 radical (unpaired) electrons. The van der Waals surface area contributed by atoms with Crippen molar-refractivity contribution in [2.24, 2.45) is 5.10 Å². The second-order valence-electron chi connectivity index (χ2n) is 4.76. The minimum absolute atomic E-state index is 0.155. The molecule has 22 heavy (non-hydrogen) atoms. The first kappa shape index (κ1) is 16.2. The highest BCUT2D eigenvalue weighted by Gasteiger charge is 2.15. The summed E-state index contributed by atoms with van der Waals surface area (Å²) in [5.74, 6) is -0.155. The van der Waals surface area contributed by atoms with Crippen LogP contribution in [-0.4, -0.2) is 18.2 Å². The highest BCUT2D eigenvalue weighted by atomic mass is 79.9. The number of nitrogens with one attached hydrogen (secondary N) is 2. The maximum atomic E-state index is 12.1. The highest BCUT2D eigenvalue weighted by Crippen LogP contribution is 2.15. The van der Waals surface area contributed by atoms with Crippen molar-refractivity contribution >= 4 is 33.7 Å². The van der Waals surface area contributed by atoms with E-state index in [1.807, 2.05) is 61.5 Å². The van der Waals surface area contributed by atoms with Crippen molar-refractivity contribution in [3.8, 4) is 0 Å². The van der Waals surface area contributed by atoms with E-state index in [9.17, 15) is 4.79 Å². The predicted molar refractivity (Wildman–Crippen MR) is 94.0 cm³/mol. The van der Waals surface area contributed by atoms with Crippen LogP contribution in [0.5, 0.6) is 0 Å². The zero-order valence-corrected chi connectivity index (χ0v) is 13.9. The number of anilines is 1. The highest BCUT2D eigenvalue weighted by molar-refractivity contribution is 9.10. The third-order valence-corrected chi connectivity index (χ3v) is 3.63. The van der Waals surface area contributed by atoms with Crippen molar-refractivity contribution < 1.29 is 4.79 Å². The molecule has 2 aromatic carbocycles. The van der Waals surface area contributed by atoms with E-state index in [0.717, 1.165) is 15.7 Å². The van der Waals surface area contributed by atoms with Crippen molar-refractivity contribution in [3.63, 3.8) is 0 Å². The molecular formula is C17H18BrN3O. The van der Waals surface area contributed by atoms with Crippen molar-refractivity contribution in [1.82, 2.24) is 5.43 Å². The molecule has 1 unspecified atom stereocenters. The Balaban J connectivity index is 1.91. The zero-order chi connectivity index (χ0) is 15.8. The second-order valence-corrected chi connectivity index (χ2v) is 5.67. The maximum absolute atomic E-state index is 12.1. The van der Waals surface area contributed by atoms with E-state index in [2.05, 4.69) is 31.8 Å². The van der Waals surface area contributed by atoms with Gasteiger partial charge < -0.3 is 5.32 Å². The lowest BCUT2D eigenvalue weighted by Crippen LogP contribution is -2.36.